The first-order valence-corrected chi connectivity index (χ1v) is 5.58. The van der Waals surface area contributed by atoms with E-state index >= 15 is 0 Å². The molecule has 2 aromatic rings. The average Bonchev–Trinajstić information content (AvgIpc) is 2.42. The Kier molecular flexibility index (Phi) is 3.53. The SMILES string of the molecule is N#Cc1ccc(Oc2ccc(C(N)=O)cc2N)c(F)c1. The standard InChI is InChI=1S/C14H10FN3O2/c15-10-5-8(7-16)1-3-12(10)20-13-4-2-9(14(18)19)6-11(13)17/h1-6H,17H2,(H2,18,19). The van der Waals surface area contributed by atoms with E-state index < -0.39 is 11.7 Å². The van der Waals surface area contributed by atoms with Gasteiger partial charge in [0.25, 0.3) is 0 Å². The zero-order valence-corrected chi connectivity index (χ0v) is 10.3. The first kappa shape index (κ1) is 13.4. The summed E-state index contributed by atoms with van der Waals surface area (Å²) < 4.78 is 19.0. The first-order valence-electron chi connectivity index (χ1n) is 5.58. The second-order valence-electron chi connectivity index (χ2n) is 3.98. The van der Waals surface area contributed by atoms with E-state index in [9.17, 15) is 9.18 Å². The number of halogens is 1. The van der Waals surface area contributed by atoms with E-state index in [0.29, 0.717) is 0 Å². The monoisotopic (exact) mass is 271 g/mol. The molecule has 0 heterocycles. The quantitative estimate of drug-likeness (QED) is 0.835. The van der Waals surface area contributed by atoms with Gasteiger partial charge in [-0.05, 0) is 36.4 Å². The van der Waals surface area contributed by atoms with E-state index in [4.69, 9.17) is 21.5 Å². The number of amides is 1. The molecule has 0 bridgehead atoms. The Labute approximate surface area is 114 Å². The molecule has 0 saturated heterocycles. The van der Waals surface area contributed by atoms with Gasteiger partial charge in [-0.3, -0.25) is 4.79 Å². The predicted molar refractivity (Wildman–Crippen MR) is 70.6 cm³/mol. The summed E-state index contributed by atoms with van der Waals surface area (Å²) in [5.74, 6) is -1.17. The summed E-state index contributed by atoms with van der Waals surface area (Å²) in [6.45, 7) is 0. The van der Waals surface area contributed by atoms with Crippen LogP contribution in [0.3, 0.4) is 0 Å². The van der Waals surface area contributed by atoms with Gasteiger partial charge in [0.05, 0.1) is 17.3 Å². The molecule has 0 fully saturated rings. The Morgan fingerprint density at radius 1 is 1.20 bits per heavy atom. The van der Waals surface area contributed by atoms with Crippen LogP contribution in [0.15, 0.2) is 36.4 Å². The minimum atomic E-state index is -0.678. The van der Waals surface area contributed by atoms with Gasteiger partial charge in [0.1, 0.15) is 0 Å². The van der Waals surface area contributed by atoms with Crippen LogP contribution in [0.25, 0.3) is 0 Å². The zero-order valence-electron chi connectivity index (χ0n) is 10.3. The van der Waals surface area contributed by atoms with Crippen molar-refractivity contribution >= 4 is 11.6 Å². The molecule has 2 rings (SSSR count). The van der Waals surface area contributed by atoms with Gasteiger partial charge < -0.3 is 16.2 Å². The maximum atomic E-state index is 13.7. The summed E-state index contributed by atoms with van der Waals surface area (Å²) in [5, 5.41) is 8.65. The maximum absolute atomic E-state index is 13.7. The molecule has 20 heavy (non-hydrogen) atoms. The molecule has 0 unspecified atom stereocenters. The van der Waals surface area contributed by atoms with Crippen LogP contribution in [0.2, 0.25) is 0 Å². The average molecular weight is 271 g/mol. The highest BCUT2D eigenvalue weighted by Crippen LogP contribution is 2.30. The number of nitrogens with two attached hydrogens (primary N) is 2. The van der Waals surface area contributed by atoms with Gasteiger partial charge in [0.15, 0.2) is 17.3 Å². The number of ether oxygens (including phenoxy) is 1. The fourth-order valence-corrected chi connectivity index (χ4v) is 1.57. The molecule has 0 aliphatic heterocycles. The van der Waals surface area contributed by atoms with E-state index in [-0.39, 0.29) is 28.3 Å². The number of nitriles is 1. The molecule has 0 radical (unpaired) electrons. The van der Waals surface area contributed by atoms with Gasteiger partial charge in [0, 0.05) is 5.56 Å². The lowest BCUT2D eigenvalue weighted by Crippen LogP contribution is -2.11. The Morgan fingerprint density at radius 2 is 1.90 bits per heavy atom. The summed E-state index contributed by atoms with van der Waals surface area (Å²) in [4.78, 5) is 11.0. The lowest BCUT2D eigenvalue weighted by Gasteiger charge is -2.10. The molecule has 2 aromatic carbocycles. The van der Waals surface area contributed by atoms with E-state index in [1.165, 1.54) is 30.3 Å². The Morgan fingerprint density at radius 3 is 2.45 bits per heavy atom. The number of benzene rings is 2. The highest BCUT2D eigenvalue weighted by molar-refractivity contribution is 5.94. The number of nitrogens with zero attached hydrogens (tertiary/aromatic N) is 1. The number of hydrogen-bond donors (Lipinski definition) is 2. The largest absolute Gasteiger partial charge is 0.452 e. The lowest BCUT2D eigenvalue weighted by molar-refractivity contribution is 0.100. The Balaban J connectivity index is 2.31. The van der Waals surface area contributed by atoms with Crippen molar-refractivity contribution in [3.63, 3.8) is 0 Å². The summed E-state index contributed by atoms with van der Waals surface area (Å²) in [6, 6.07) is 9.83. The van der Waals surface area contributed by atoms with Crippen LogP contribution in [-0.2, 0) is 0 Å². The number of anilines is 1. The van der Waals surface area contributed by atoms with Crippen molar-refractivity contribution in [1.29, 1.82) is 5.26 Å². The summed E-state index contributed by atoms with van der Waals surface area (Å²) >= 11 is 0. The molecule has 1 amide bonds. The maximum Gasteiger partial charge on any atom is 0.248 e. The molecule has 0 aromatic heterocycles. The third-order valence-corrected chi connectivity index (χ3v) is 2.58. The van der Waals surface area contributed by atoms with Gasteiger partial charge in [-0.15, -0.1) is 0 Å². The minimum Gasteiger partial charge on any atom is -0.452 e. The van der Waals surface area contributed by atoms with E-state index in [0.717, 1.165) is 6.07 Å². The van der Waals surface area contributed by atoms with Crippen LogP contribution in [-0.4, -0.2) is 5.91 Å². The molecule has 0 saturated carbocycles. The Hall–Kier alpha value is -3.07. The third kappa shape index (κ3) is 2.67. The number of nitrogen functional groups attached to an aromatic ring is 1. The lowest BCUT2D eigenvalue weighted by atomic mass is 10.2. The molecule has 6 heteroatoms. The molecule has 0 aliphatic carbocycles. The van der Waals surface area contributed by atoms with Crippen LogP contribution in [0.1, 0.15) is 15.9 Å². The summed E-state index contributed by atoms with van der Waals surface area (Å²) in [5.41, 5.74) is 11.4. The van der Waals surface area contributed by atoms with Gasteiger partial charge in [-0.25, -0.2) is 4.39 Å². The molecule has 0 atom stereocenters. The summed E-state index contributed by atoms with van der Waals surface area (Å²) in [7, 11) is 0. The van der Waals surface area contributed by atoms with E-state index in [1.54, 1.807) is 0 Å². The molecule has 100 valence electrons. The van der Waals surface area contributed by atoms with Crippen molar-refractivity contribution in [2.75, 3.05) is 5.73 Å². The van der Waals surface area contributed by atoms with Crippen molar-refractivity contribution in [2.24, 2.45) is 5.73 Å². The molecule has 0 spiro atoms. The topological polar surface area (TPSA) is 102 Å². The number of carbonyl (C=O) groups excluding carboxylic acids is 1. The smallest absolute Gasteiger partial charge is 0.248 e. The normalized spacial score (nSPS) is 9.80. The van der Waals surface area contributed by atoms with Gasteiger partial charge in [-0.1, -0.05) is 0 Å². The number of hydrogen-bond acceptors (Lipinski definition) is 4. The minimum absolute atomic E-state index is 0.0671. The zero-order chi connectivity index (χ0) is 14.7. The van der Waals surface area contributed by atoms with Gasteiger partial charge in [-0.2, -0.15) is 5.26 Å². The van der Waals surface area contributed by atoms with Crippen LogP contribution >= 0.6 is 0 Å². The Bertz CT molecular complexity index is 723. The molecular formula is C14H10FN3O2. The highest BCUT2D eigenvalue weighted by atomic mass is 19.1. The number of primary amides is 1. The van der Waals surface area contributed by atoms with Crippen molar-refractivity contribution in [2.45, 2.75) is 0 Å². The van der Waals surface area contributed by atoms with Gasteiger partial charge in [0.2, 0.25) is 5.91 Å². The van der Waals surface area contributed by atoms with Crippen LogP contribution in [0, 0.1) is 17.1 Å². The fourth-order valence-electron chi connectivity index (χ4n) is 1.57. The van der Waals surface area contributed by atoms with Gasteiger partial charge >= 0.3 is 0 Å². The second-order valence-corrected chi connectivity index (χ2v) is 3.98. The third-order valence-electron chi connectivity index (χ3n) is 2.58. The van der Waals surface area contributed by atoms with Crippen molar-refractivity contribution in [3.8, 4) is 17.6 Å². The fraction of sp³-hybridized carbons (Fsp3) is 0. The van der Waals surface area contributed by atoms with Crippen molar-refractivity contribution in [1.82, 2.24) is 0 Å². The van der Waals surface area contributed by atoms with Crippen LogP contribution in [0.5, 0.6) is 11.5 Å². The molecule has 5 nitrogen and oxygen atoms in total. The molecule has 0 aliphatic rings. The molecular weight excluding hydrogens is 261 g/mol. The molecule has 4 N–H and O–H groups in total. The predicted octanol–water partition coefficient (Wildman–Crippen LogP) is 2.17. The van der Waals surface area contributed by atoms with E-state index in [1.807, 2.05) is 6.07 Å². The first-order chi connectivity index (χ1) is 9.51. The number of carbonyl (C=O) groups is 1. The highest BCUT2D eigenvalue weighted by Gasteiger charge is 2.10. The van der Waals surface area contributed by atoms with Crippen LogP contribution in [0.4, 0.5) is 10.1 Å². The van der Waals surface area contributed by atoms with Crippen molar-refractivity contribution < 1.29 is 13.9 Å². The van der Waals surface area contributed by atoms with Crippen molar-refractivity contribution in [3.05, 3.63) is 53.3 Å². The van der Waals surface area contributed by atoms with E-state index in [2.05, 4.69) is 0 Å². The van der Waals surface area contributed by atoms with Crippen LogP contribution < -0.4 is 16.2 Å². The summed E-state index contributed by atoms with van der Waals surface area (Å²) in [6.07, 6.45) is 0. The second kappa shape index (κ2) is 5.28. The number of rotatable bonds is 3.